The molecule has 0 aliphatic carbocycles. The van der Waals surface area contributed by atoms with E-state index in [0.717, 1.165) is 6.42 Å². The van der Waals surface area contributed by atoms with Gasteiger partial charge in [-0.15, -0.1) is 0 Å². The number of nitrogens with one attached hydrogen (secondary N) is 1. The van der Waals surface area contributed by atoms with E-state index in [4.69, 9.17) is 5.11 Å². The highest BCUT2D eigenvalue weighted by atomic mass is 16.3. The summed E-state index contributed by atoms with van der Waals surface area (Å²) in [6.45, 7) is 4.73. The Bertz CT molecular complexity index is 376. The molecule has 0 bridgehead atoms. The quantitative estimate of drug-likeness (QED) is 0.752. The van der Waals surface area contributed by atoms with Gasteiger partial charge in [0.25, 0.3) is 5.56 Å². The molecular formula is C11H19N3O2. The highest BCUT2D eigenvalue weighted by Crippen LogP contribution is 2.00. The first-order valence-corrected chi connectivity index (χ1v) is 5.61. The summed E-state index contributed by atoms with van der Waals surface area (Å²) in [5.41, 5.74) is -0.103. The summed E-state index contributed by atoms with van der Waals surface area (Å²) in [7, 11) is 0. The summed E-state index contributed by atoms with van der Waals surface area (Å²) in [6, 6.07) is 0.0441. The molecule has 0 saturated heterocycles. The minimum Gasteiger partial charge on any atom is -0.396 e. The summed E-state index contributed by atoms with van der Waals surface area (Å²) >= 11 is 0. The fraction of sp³-hybridized carbons (Fsp3) is 0.636. The van der Waals surface area contributed by atoms with Crippen molar-refractivity contribution in [2.24, 2.45) is 0 Å². The molecule has 5 nitrogen and oxygen atoms in total. The van der Waals surface area contributed by atoms with E-state index in [2.05, 4.69) is 10.3 Å². The average Bonchev–Trinajstić information content (AvgIpc) is 2.24. The molecule has 1 unspecified atom stereocenters. The molecule has 0 spiro atoms. The zero-order valence-corrected chi connectivity index (χ0v) is 9.81. The van der Waals surface area contributed by atoms with Crippen molar-refractivity contribution in [3.05, 3.63) is 22.7 Å². The molecule has 16 heavy (non-hydrogen) atoms. The maximum absolute atomic E-state index is 11.9. The predicted molar refractivity (Wildman–Crippen MR) is 63.6 cm³/mol. The first-order valence-electron chi connectivity index (χ1n) is 5.61. The van der Waals surface area contributed by atoms with Crippen LogP contribution in [0.1, 0.15) is 26.7 Å². The van der Waals surface area contributed by atoms with Gasteiger partial charge < -0.3 is 15.0 Å². The molecule has 5 heteroatoms. The predicted octanol–water partition coefficient (Wildman–Crippen LogP) is 0.836. The van der Waals surface area contributed by atoms with Crippen LogP contribution in [-0.4, -0.2) is 27.3 Å². The fourth-order valence-corrected chi connectivity index (χ4v) is 1.46. The molecule has 0 aliphatic heterocycles. The molecular weight excluding hydrogens is 206 g/mol. The van der Waals surface area contributed by atoms with Gasteiger partial charge in [0.15, 0.2) is 5.82 Å². The van der Waals surface area contributed by atoms with Crippen LogP contribution in [0.2, 0.25) is 0 Å². The maximum atomic E-state index is 11.9. The van der Waals surface area contributed by atoms with E-state index in [-0.39, 0.29) is 18.2 Å². The SMILES string of the molecule is CCCn1ccnc(NC(C)CCO)c1=O. The molecule has 1 heterocycles. The number of aliphatic hydroxyl groups is 1. The van der Waals surface area contributed by atoms with E-state index < -0.39 is 0 Å². The second kappa shape index (κ2) is 6.27. The van der Waals surface area contributed by atoms with Crippen LogP contribution in [0, 0.1) is 0 Å². The summed E-state index contributed by atoms with van der Waals surface area (Å²) in [5, 5.41) is 11.8. The van der Waals surface area contributed by atoms with Crippen LogP contribution in [0.25, 0.3) is 0 Å². The second-order valence-electron chi connectivity index (χ2n) is 3.83. The third-order valence-corrected chi connectivity index (χ3v) is 2.32. The third-order valence-electron chi connectivity index (χ3n) is 2.32. The molecule has 1 aromatic rings. The highest BCUT2D eigenvalue weighted by molar-refractivity contribution is 5.31. The zero-order chi connectivity index (χ0) is 12.0. The van der Waals surface area contributed by atoms with Crippen LogP contribution in [0.15, 0.2) is 17.2 Å². The monoisotopic (exact) mass is 225 g/mol. The molecule has 0 aromatic carbocycles. The number of aliphatic hydroxyl groups excluding tert-OH is 1. The van der Waals surface area contributed by atoms with Gasteiger partial charge in [-0.25, -0.2) is 4.98 Å². The smallest absolute Gasteiger partial charge is 0.293 e. The summed E-state index contributed by atoms with van der Waals surface area (Å²) in [6.07, 6.45) is 4.82. The van der Waals surface area contributed by atoms with E-state index in [1.54, 1.807) is 17.0 Å². The van der Waals surface area contributed by atoms with E-state index in [1.807, 2.05) is 13.8 Å². The Hall–Kier alpha value is -1.36. The van der Waals surface area contributed by atoms with E-state index in [0.29, 0.717) is 18.8 Å². The molecule has 90 valence electrons. The Morgan fingerprint density at radius 3 is 3.00 bits per heavy atom. The van der Waals surface area contributed by atoms with Crippen molar-refractivity contribution in [1.82, 2.24) is 9.55 Å². The normalized spacial score (nSPS) is 12.4. The Morgan fingerprint density at radius 2 is 2.38 bits per heavy atom. The summed E-state index contributed by atoms with van der Waals surface area (Å²) < 4.78 is 1.64. The van der Waals surface area contributed by atoms with Crippen LogP contribution >= 0.6 is 0 Å². The van der Waals surface area contributed by atoms with Crippen molar-refractivity contribution < 1.29 is 5.11 Å². The molecule has 1 atom stereocenters. The Balaban J connectivity index is 2.80. The molecule has 1 rings (SSSR count). The third kappa shape index (κ3) is 3.34. The van der Waals surface area contributed by atoms with Crippen LogP contribution in [0.4, 0.5) is 5.82 Å². The van der Waals surface area contributed by atoms with Crippen molar-refractivity contribution in [1.29, 1.82) is 0 Å². The number of hydrogen-bond donors (Lipinski definition) is 2. The van der Waals surface area contributed by atoms with Gasteiger partial charge in [0, 0.05) is 31.6 Å². The molecule has 0 saturated carbocycles. The summed E-state index contributed by atoms with van der Waals surface area (Å²) in [5.74, 6) is 0.358. The fourth-order valence-electron chi connectivity index (χ4n) is 1.46. The van der Waals surface area contributed by atoms with Gasteiger partial charge in [0.2, 0.25) is 0 Å². The lowest BCUT2D eigenvalue weighted by molar-refractivity contribution is 0.282. The molecule has 2 N–H and O–H groups in total. The van der Waals surface area contributed by atoms with Gasteiger partial charge in [-0.3, -0.25) is 4.79 Å². The molecule has 0 radical (unpaired) electrons. The number of anilines is 1. The lowest BCUT2D eigenvalue weighted by Gasteiger charge is -2.13. The maximum Gasteiger partial charge on any atom is 0.293 e. The number of aryl methyl sites for hydroxylation is 1. The first kappa shape index (κ1) is 12.7. The lowest BCUT2D eigenvalue weighted by atomic mass is 10.2. The minimum atomic E-state index is -0.103. The molecule has 0 amide bonds. The second-order valence-corrected chi connectivity index (χ2v) is 3.83. The van der Waals surface area contributed by atoms with E-state index in [1.165, 1.54) is 0 Å². The number of rotatable bonds is 6. The van der Waals surface area contributed by atoms with E-state index in [9.17, 15) is 4.79 Å². The zero-order valence-electron chi connectivity index (χ0n) is 9.81. The van der Waals surface area contributed by atoms with Gasteiger partial charge in [0.1, 0.15) is 0 Å². The van der Waals surface area contributed by atoms with Crippen molar-refractivity contribution in [3.8, 4) is 0 Å². The number of hydrogen-bond acceptors (Lipinski definition) is 4. The van der Waals surface area contributed by atoms with Crippen molar-refractivity contribution in [2.75, 3.05) is 11.9 Å². The van der Waals surface area contributed by atoms with Gasteiger partial charge in [-0.05, 0) is 19.8 Å². The first-order chi connectivity index (χ1) is 7.69. The van der Waals surface area contributed by atoms with Crippen molar-refractivity contribution in [2.45, 2.75) is 39.3 Å². The lowest BCUT2D eigenvalue weighted by Crippen LogP contribution is -2.28. The van der Waals surface area contributed by atoms with E-state index >= 15 is 0 Å². The summed E-state index contributed by atoms with van der Waals surface area (Å²) in [4.78, 5) is 15.9. The minimum absolute atomic E-state index is 0.0441. The molecule has 0 aliphatic rings. The van der Waals surface area contributed by atoms with Gasteiger partial charge in [0.05, 0.1) is 0 Å². The van der Waals surface area contributed by atoms with Crippen molar-refractivity contribution in [3.63, 3.8) is 0 Å². The van der Waals surface area contributed by atoms with Crippen LogP contribution in [0.5, 0.6) is 0 Å². The highest BCUT2D eigenvalue weighted by Gasteiger charge is 2.07. The van der Waals surface area contributed by atoms with Gasteiger partial charge in [-0.2, -0.15) is 0 Å². The van der Waals surface area contributed by atoms with Crippen LogP contribution in [0.3, 0.4) is 0 Å². The molecule has 0 fully saturated rings. The Kier molecular flexibility index (Phi) is 4.98. The standard InChI is InChI=1S/C11H19N3O2/c1-3-6-14-7-5-12-10(11(14)16)13-9(2)4-8-15/h5,7,9,15H,3-4,6,8H2,1-2H3,(H,12,13). The van der Waals surface area contributed by atoms with Crippen LogP contribution in [-0.2, 0) is 6.54 Å². The van der Waals surface area contributed by atoms with Gasteiger partial charge in [-0.1, -0.05) is 6.92 Å². The average molecular weight is 225 g/mol. The largest absolute Gasteiger partial charge is 0.396 e. The number of aromatic nitrogens is 2. The van der Waals surface area contributed by atoms with Crippen molar-refractivity contribution >= 4 is 5.82 Å². The topological polar surface area (TPSA) is 67.2 Å². The molecule has 1 aromatic heterocycles. The van der Waals surface area contributed by atoms with Gasteiger partial charge >= 0.3 is 0 Å². The Labute approximate surface area is 95.1 Å². The number of nitrogens with zero attached hydrogens (tertiary/aromatic N) is 2. The Morgan fingerprint density at radius 1 is 1.62 bits per heavy atom. The van der Waals surface area contributed by atoms with Crippen LogP contribution < -0.4 is 10.9 Å².